The summed E-state index contributed by atoms with van der Waals surface area (Å²) < 4.78 is 13.2. The van der Waals surface area contributed by atoms with Crippen LogP contribution in [0.4, 0.5) is 10.1 Å². The Hall–Kier alpha value is -2.99. The Balaban J connectivity index is 1.31. The lowest BCUT2D eigenvalue weighted by Gasteiger charge is -2.28. The first kappa shape index (κ1) is 20.3. The molecule has 0 radical (unpaired) electrons. The minimum absolute atomic E-state index is 0.00392. The molecule has 1 heterocycles. The molecule has 1 aromatic heterocycles. The monoisotopic (exact) mass is 425 g/mol. The number of fused-ring (bicyclic) bond motifs is 1. The number of nitrogens with one attached hydrogen (secondary N) is 2. The van der Waals surface area contributed by atoms with Gasteiger partial charge in [0.1, 0.15) is 11.5 Å². The summed E-state index contributed by atoms with van der Waals surface area (Å²) in [4.78, 5) is 29.5. The summed E-state index contributed by atoms with van der Waals surface area (Å²) in [7, 11) is 0. The number of anilines is 1. The molecule has 0 atom stereocenters. The van der Waals surface area contributed by atoms with Crippen molar-refractivity contribution in [2.75, 3.05) is 5.32 Å². The number of benzene rings is 2. The van der Waals surface area contributed by atoms with Gasteiger partial charge in [-0.05, 0) is 56.0 Å². The van der Waals surface area contributed by atoms with Crippen LogP contribution in [0.5, 0.6) is 0 Å². The number of aromatic nitrogens is 1. The SMILES string of the molecule is O=C(N[C@H]1CC[C@H](C(=O)Nc2ccc(F)cc2Cl)CC1)c1ccc2ccccc2n1. The van der Waals surface area contributed by atoms with Gasteiger partial charge < -0.3 is 10.6 Å². The fourth-order valence-electron chi connectivity index (χ4n) is 3.78. The van der Waals surface area contributed by atoms with Crippen molar-refractivity contribution in [3.05, 3.63) is 71.1 Å². The molecule has 30 heavy (non-hydrogen) atoms. The van der Waals surface area contributed by atoms with Gasteiger partial charge in [-0.1, -0.05) is 35.9 Å². The van der Waals surface area contributed by atoms with Crippen molar-refractivity contribution in [2.24, 2.45) is 5.92 Å². The molecule has 2 N–H and O–H groups in total. The fraction of sp³-hybridized carbons (Fsp3) is 0.261. The molecule has 0 unspecified atom stereocenters. The maximum Gasteiger partial charge on any atom is 0.270 e. The third-order valence-corrected chi connectivity index (χ3v) is 5.77. The number of nitrogens with zero attached hydrogens (tertiary/aromatic N) is 1. The highest BCUT2D eigenvalue weighted by atomic mass is 35.5. The Labute approximate surface area is 178 Å². The smallest absolute Gasteiger partial charge is 0.270 e. The molecule has 3 aromatic rings. The van der Waals surface area contributed by atoms with Gasteiger partial charge in [0.15, 0.2) is 0 Å². The summed E-state index contributed by atoms with van der Waals surface area (Å²) in [6.45, 7) is 0. The molecule has 1 fully saturated rings. The molecule has 1 aliphatic rings. The quantitative estimate of drug-likeness (QED) is 0.621. The van der Waals surface area contributed by atoms with E-state index in [0.717, 1.165) is 10.9 Å². The highest BCUT2D eigenvalue weighted by Crippen LogP contribution is 2.28. The van der Waals surface area contributed by atoms with Crippen LogP contribution in [0.1, 0.15) is 36.2 Å². The van der Waals surface area contributed by atoms with Gasteiger partial charge in [-0.25, -0.2) is 9.37 Å². The van der Waals surface area contributed by atoms with Crippen molar-refractivity contribution in [1.82, 2.24) is 10.3 Å². The average Bonchev–Trinajstić information content (AvgIpc) is 2.75. The molecule has 1 saturated carbocycles. The fourth-order valence-corrected chi connectivity index (χ4v) is 3.99. The Morgan fingerprint density at radius 3 is 2.53 bits per heavy atom. The lowest BCUT2D eigenvalue weighted by atomic mass is 9.85. The highest BCUT2D eigenvalue weighted by molar-refractivity contribution is 6.33. The second-order valence-corrected chi connectivity index (χ2v) is 7.93. The van der Waals surface area contributed by atoms with Crippen LogP contribution in [0.3, 0.4) is 0 Å². The number of para-hydroxylation sites is 1. The van der Waals surface area contributed by atoms with Crippen molar-refractivity contribution >= 4 is 40.0 Å². The number of carbonyl (C=O) groups is 2. The van der Waals surface area contributed by atoms with Gasteiger partial charge in [-0.15, -0.1) is 0 Å². The number of carbonyl (C=O) groups excluding carboxylic acids is 2. The predicted molar refractivity (Wildman–Crippen MR) is 115 cm³/mol. The van der Waals surface area contributed by atoms with Gasteiger partial charge in [0.25, 0.3) is 5.91 Å². The van der Waals surface area contributed by atoms with E-state index in [1.807, 2.05) is 30.3 Å². The van der Waals surface area contributed by atoms with Gasteiger partial charge in [-0.2, -0.15) is 0 Å². The standard InChI is InChI=1S/C23H21ClFN3O2/c24-18-13-16(25)8-12-20(18)28-22(29)15-5-9-17(10-6-15)26-23(30)21-11-7-14-3-1-2-4-19(14)27-21/h1-4,7-8,11-13,15,17H,5-6,9-10H2,(H,26,30)(H,28,29)/t15-,17-. The average molecular weight is 426 g/mol. The molecule has 2 aromatic carbocycles. The Bertz CT molecular complexity index is 1100. The van der Waals surface area contributed by atoms with Gasteiger partial charge in [0.2, 0.25) is 5.91 Å². The summed E-state index contributed by atoms with van der Waals surface area (Å²) in [5.41, 5.74) is 1.57. The van der Waals surface area contributed by atoms with Crippen LogP contribution in [-0.2, 0) is 4.79 Å². The molecule has 7 heteroatoms. The van der Waals surface area contributed by atoms with E-state index in [1.165, 1.54) is 18.2 Å². The molecule has 2 amide bonds. The molecular weight excluding hydrogens is 405 g/mol. The van der Waals surface area contributed by atoms with Crippen LogP contribution in [-0.4, -0.2) is 22.8 Å². The molecule has 154 valence electrons. The molecule has 5 nitrogen and oxygen atoms in total. The van der Waals surface area contributed by atoms with E-state index in [2.05, 4.69) is 15.6 Å². The first-order chi connectivity index (χ1) is 14.5. The van der Waals surface area contributed by atoms with E-state index in [1.54, 1.807) is 6.07 Å². The number of amides is 2. The van der Waals surface area contributed by atoms with E-state index in [-0.39, 0.29) is 28.8 Å². The number of hydrogen-bond donors (Lipinski definition) is 2. The van der Waals surface area contributed by atoms with Crippen molar-refractivity contribution in [3.8, 4) is 0 Å². The summed E-state index contributed by atoms with van der Waals surface area (Å²) >= 11 is 5.98. The number of halogens is 2. The molecular formula is C23H21ClFN3O2. The molecule has 0 saturated heterocycles. The maximum atomic E-state index is 13.2. The minimum Gasteiger partial charge on any atom is -0.348 e. The van der Waals surface area contributed by atoms with E-state index in [4.69, 9.17) is 11.6 Å². The third-order valence-electron chi connectivity index (χ3n) is 5.45. The third kappa shape index (κ3) is 4.60. The first-order valence-corrected chi connectivity index (χ1v) is 10.3. The van der Waals surface area contributed by atoms with Gasteiger partial charge >= 0.3 is 0 Å². The van der Waals surface area contributed by atoms with Crippen LogP contribution in [0.15, 0.2) is 54.6 Å². The molecule has 0 bridgehead atoms. The Morgan fingerprint density at radius 1 is 1.00 bits per heavy atom. The second-order valence-electron chi connectivity index (χ2n) is 7.52. The Morgan fingerprint density at radius 2 is 1.77 bits per heavy atom. The van der Waals surface area contributed by atoms with E-state index >= 15 is 0 Å². The van der Waals surface area contributed by atoms with Crippen molar-refractivity contribution < 1.29 is 14.0 Å². The summed E-state index contributed by atoms with van der Waals surface area (Å²) in [5, 5.41) is 6.96. The molecule has 0 spiro atoms. The van der Waals surface area contributed by atoms with E-state index < -0.39 is 5.82 Å². The lowest BCUT2D eigenvalue weighted by Crippen LogP contribution is -2.39. The Kier molecular flexibility index (Phi) is 5.95. The topological polar surface area (TPSA) is 71.1 Å². The van der Waals surface area contributed by atoms with Crippen LogP contribution in [0.2, 0.25) is 5.02 Å². The first-order valence-electron chi connectivity index (χ1n) is 9.92. The summed E-state index contributed by atoms with van der Waals surface area (Å²) in [6, 6.07) is 15.2. The second kappa shape index (κ2) is 8.79. The van der Waals surface area contributed by atoms with Gasteiger partial charge in [-0.3, -0.25) is 9.59 Å². The molecule has 4 rings (SSSR count). The van der Waals surface area contributed by atoms with Gasteiger partial charge in [0.05, 0.1) is 16.2 Å². The normalized spacial score (nSPS) is 18.7. The van der Waals surface area contributed by atoms with Gasteiger partial charge in [0, 0.05) is 17.3 Å². The van der Waals surface area contributed by atoms with Crippen LogP contribution in [0, 0.1) is 11.7 Å². The van der Waals surface area contributed by atoms with E-state index in [9.17, 15) is 14.0 Å². The van der Waals surface area contributed by atoms with Crippen molar-refractivity contribution in [2.45, 2.75) is 31.7 Å². The number of hydrogen-bond acceptors (Lipinski definition) is 3. The molecule has 1 aliphatic carbocycles. The van der Waals surface area contributed by atoms with Crippen LogP contribution >= 0.6 is 11.6 Å². The molecule has 0 aliphatic heterocycles. The minimum atomic E-state index is -0.449. The number of rotatable bonds is 4. The van der Waals surface area contributed by atoms with E-state index in [0.29, 0.717) is 37.1 Å². The lowest BCUT2D eigenvalue weighted by molar-refractivity contribution is -0.120. The zero-order valence-corrected chi connectivity index (χ0v) is 17.0. The zero-order chi connectivity index (χ0) is 21.1. The predicted octanol–water partition coefficient (Wildman–Crippen LogP) is 4.95. The van der Waals surface area contributed by atoms with Crippen LogP contribution in [0.25, 0.3) is 10.9 Å². The summed E-state index contributed by atoms with van der Waals surface area (Å²) in [6.07, 6.45) is 2.71. The zero-order valence-electron chi connectivity index (χ0n) is 16.2. The van der Waals surface area contributed by atoms with Crippen molar-refractivity contribution in [3.63, 3.8) is 0 Å². The summed E-state index contributed by atoms with van der Waals surface area (Å²) in [5.74, 6) is -0.954. The highest BCUT2D eigenvalue weighted by Gasteiger charge is 2.28. The van der Waals surface area contributed by atoms with Crippen molar-refractivity contribution in [1.29, 1.82) is 0 Å². The maximum absolute atomic E-state index is 13.2. The number of pyridine rings is 1. The van der Waals surface area contributed by atoms with Crippen LogP contribution < -0.4 is 10.6 Å². The largest absolute Gasteiger partial charge is 0.348 e.